The Bertz CT molecular complexity index is 265. The van der Waals surface area contributed by atoms with E-state index in [4.69, 9.17) is 4.74 Å². The van der Waals surface area contributed by atoms with Gasteiger partial charge in [0.15, 0.2) is 0 Å². The largest absolute Gasteiger partial charge is 0.377 e. The van der Waals surface area contributed by atoms with Gasteiger partial charge in [0.05, 0.1) is 6.10 Å². The highest BCUT2D eigenvalue weighted by Crippen LogP contribution is 1.94. The Morgan fingerprint density at radius 2 is 2.06 bits per heavy atom. The van der Waals surface area contributed by atoms with Gasteiger partial charge in [0, 0.05) is 39.3 Å². The Morgan fingerprint density at radius 3 is 2.65 bits per heavy atom. The maximum atomic E-state index is 11.7. The molecule has 0 aliphatic carbocycles. The predicted octanol–water partition coefficient (Wildman–Crippen LogP) is -1.04. The quantitative estimate of drug-likeness (QED) is 0.619. The van der Waals surface area contributed by atoms with E-state index < -0.39 is 11.8 Å². The lowest BCUT2D eigenvalue weighted by Gasteiger charge is -2.26. The summed E-state index contributed by atoms with van der Waals surface area (Å²) >= 11 is 0. The second-order valence-corrected chi connectivity index (χ2v) is 4.02. The maximum Gasteiger partial charge on any atom is 0.311 e. The van der Waals surface area contributed by atoms with Crippen molar-refractivity contribution < 1.29 is 14.3 Å². The topological polar surface area (TPSA) is 70.7 Å². The van der Waals surface area contributed by atoms with Gasteiger partial charge in [-0.05, 0) is 13.8 Å². The third-order valence-electron chi connectivity index (χ3n) is 2.60. The van der Waals surface area contributed by atoms with E-state index in [1.807, 2.05) is 13.8 Å². The van der Waals surface area contributed by atoms with Crippen molar-refractivity contribution in [2.24, 2.45) is 0 Å². The molecule has 0 spiro atoms. The van der Waals surface area contributed by atoms with Gasteiger partial charge < -0.3 is 20.3 Å². The molecule has 1 unspecified atom stereocenters. The SMILES string of the molecule is CCOC(C)CNC(=O)C(=O)N1CCNCC1. The molecular weight excluding hydrogens is 222 g/mol. The third kappa shape index (κ3) is 4.70. The van der Waals surface area contributed by atoms with Gasteiger partial charge in [-0.3, -0.25) is 9.59 Å². The molecule has 6 heteroatoms. The number of amides is 2. The van der Waals surface area contributed by atoms with Crippen molar-refractivity contribution in [2.45, 2.75) is 20.0 Å². The lowest BCUT2D eigenvalue weighted by Crippen LogP contribution is -2.51. The minimum atomic E-state index is -0.543. The zero-order valence-electron chi connectivity index (χ0n) is 10.5. The molecule has 1 saturated heterocycles. The van der Waals surface area contributed by atoms with E-state index in [2.05, 4.69) is 10.6 Å². The molecule has 1 aliphatic heterocycles. The fraction of sp³-hybridized carbons (Fsp3) is 0.818. The molecule has 2 N–H and O–H groups in total. The number of ether oxygens (including phenoxy) is 1. The molecular formula is C11H21N3O3. The van der Waals surface area contributed by atoms with Crippen LogP contribution in [0.4, 0.5) is 0 Å². The molecule has 0 saturated carbocycles. The van der Waals surface area contributed by atoms with E-state index >= 15 is 0 Å². The Hall–Kier alpha value is -1.14. The minimum absolute atomic E-state index is 0.0697. The zero-order chi connectivity index (χ0) is 12.7. The summed E-state index contributed by atoms with van der Waals surface area (Å²) in [6.07, 6.45) is -0.0697. The van der Waals surface area contributed by atoms with Crippen LogP contribution in [0.2, 0.25) is 0 Å². The number of hydrogen-bond acceptors (Lipinski definition) is 4. The Kier molecular flexibility index (Phi) is 5.93. The molecule has 1 rings (SSSR count). The minimum Gasteiger partial charge on any atom is -0.377 e. The normalized spacial score (nSPS) is 17.6. The van der Waals surface area contributed by atoms with Crippen LogP contribution in [0.25, 0.3) is 0 Å². The van der Waals surface area contributed by atoms with Crippen LogP contribution in [0.1, 0.15) is 13.8 Å². The maximum absolute atomic E-state index is 11.7. The highest BCUT2D eigenvalue weighted by atomic mass is 16.5. The van der Waals surface area contributed by atoms with Crippen LogP contribution in [-0.4, -0.2) is 62.1 Å². The summed E-state index contributed by atoms with van der Waals surface area (Å²) in [5.41, 5.74) is 0. The number of rotatable bonds is 4. The van der Waals surface area contributed by atoms with Crippen LogP contribution in [0.3, 0.4) is 0 Å². The average Bonchev–Trinajstić information content (AvgIpc) is 2.36. The van der Waals surface area contributed by atoms with Gasteiger partial charge in [-0.15, -0.1) is 0 Å². The van der Waals surface area contributed by atoms with Gasteiger partial charge in [-0.1, -0.05) is 0 Å². The standard InChI is InChI=1S/C11H21N3O3/c1-3-17-9(2)8-13-10(15)11(16)14-6-4-12-5-7-14/h9,12H,3-8H2,1-2H3,(H,13,15). The lowest BCUT2D eigenvalue weighted by atomic mass is 10.3. The molecule has 1 aliphatic rings. The van der Waals surface area contributed by atoms with Gasteiger partial charge in [0.25, 0.3) is 0 Å². The van der Waals surface area contributed by atoms with Crippen LogP contribution >= 0.6 is 0 Å². The number of hydrogen-bond donors (Lipinski definition) is 2. The first-order valence-electron chi connectivity index (χ1n) is 6.04. The van der Waals surface area contributed by atoms with E-state index in [-0.39, 0.29) is 6.10 Å². The van der Waals surface area contributed by atoms with Crippen LogP contribution in [-0.2, 0) is 14.3 Å². The van der Waals surface area contributed by atoms with Gasteiger partial charge in [0.2, 0.25) is 0 Å². The second-order valence-electron chi connectivity index (χ2n) is 4.02. The van der Waals surface area contributed by atoms with E-state index in [1.54, 1.807) is 4.90 Å². The first kappa shape index (κ1) is 13.9. The third-order valence-corrected chi connectivity index (χ3v) is 2.60. The van der Waals surface area contributed by atoms with Crippen molar-refractivity contribution in [1.82, 2.24) is 15.5 Å². The second kappa shape index (κ2) is 7.24. The number of piperazine rings is 1. The van der Waals surface area contributed by atoms with Crippen molar-refractivity contribution >= 4 is 11.8 Å². The summed E-state index contributed by atoms with van der Waals surface area (Å²) < 4.78 is 5.27. The first-order valence-corrected chi connectivity index (χ1v) is 6.04. The van der Waals surface area contributed by atoms with Crippen LogP contribution in [0.15, 0.2) is 0 Å². The summed E-state index contributed by atoms with van der Waals surface area (Å²) in [6, 6.07) is 0. The highest BCUT2D eigenvalue weighted by Gasteiger charge is 2.23. The van der Waals surface area contributed by atoms with Crippen LogP contribution < -0.4 is 10.6 Å². The number of carbonyl (C=O) groups excluding carboxylic acids is 2. The van der Waals surface area contributed by atoms with Crippen LogP contribution in [0, 0.1) is 0 Å². The Morgan fingerprint density at radius 1 is 1.41 bits per heavy atom. The summed E-state index contributed by atoms with van der Waals surface area (Å²) in [5.74, 6) is -0.992. The van der Waals surface area contributed by atoms with E-state index in [1.165, 1.54) is 0 Å². The predicted molar refractivity (Wildman–Crippen MR) is 63.5 cm³/mol. The van der Waals surface area contributed by atoms with E-state index in [9.17, 15) is 9.59 Å². The van der Waals surface area contributed by atoms with Gasteiger partial charge in [0.1, 0.15) is 0 Å². The molecule has 1 fully saturated rings. The number of nitrogens with one attached hydrogen (secondary N) is 2. The van der Waals surface area contributed by atoms with Crippen LogP contribution in [0.5, 0.6) is 0 Å². The van der Waals surface area contributed by atoms with Crippen molar-refractivity contribution in [3.05, 3.63) is 0 Å². The molecule has 17 heavy (non-hydrogen) atoms. The molecule has 0 aromatic carbocycles. The molecule has 1 heterocycles. The van der Waals surface area contributed by atoms with Gasteiger partial charge in [-0.2, -0.15) is 0 Å². The number of nitrogens with zero attached hydrogens (tertiary/aromatic N) is 1. The van der Waals surface area contributed by atoms with E-state index in [0.29, 0.717) is 26.2 Å². The number of carbonyl (C=O) groups is 2. The molecule has 6 nitrogen and oxygen atoms in total. The molecule has 0 bridgehead atoms. The molecule has 0 aromatic heterocycles. The van der Waals surface area contributed by atoms with Crippen molar-refractivity contribution in [2.75, 3.05) is 39.3 Å². The summed E-state index contributed by atoms with van der Waals surface area (Å²) in [4.78, 5) is 24.9. The van der Waals surface area contributed by atoms with Gasteiger partial charge in [-0.25, -0.2) is 0 Å². The molecule has 0 aromatic rings. The summed E-state index contributed by atoms with van der Waals surface area (Å²) in [7, 11) is 0. The highest BCUT2D eigenvalue weighted by molar-refractivity contribution is 6.35. The fourth-order valence-corrected chi connectivity index (χ4v) is 1.67. The fourth-order valence-electron chi connectivity index (χ4n) is 1.67. The zero-order valence-corrected chi connectivity index (χ0v) is 10.5. The van der Waals surface area contributed by atoms with Crippen molar-refractivity contribution in [3.8, 4) is 0 Å². The molecule has 98 valence electrons. The van der Waals surface area contributed by atoms with Crippen molar-refractivity contribution in [3.63, 3.8) is 0 Å². The summed E-state index contributed by atoms with van der Waals surface area (Å²) in [6.45, 7) is 7.39. The summed E-state index contributed by atoms with van der Waals surface area (Å²) in [5, 5.41) is 5.72. The monoisotopic (exact) mass is 243 g/mol. The van der Waals surface area contributed by atoms with E-state index in [0.717, 1.165) is 13.1 Å². The smallest absolute Gasteiger partial charge is 0.311 e. The Balaban J connectivity index is 2.28. The Labute approximate surface area is 102 Å². The molecule has 1 atom stereocenters. The molecule has 2 amide bonds. The van der Waals surface area contributed by atoms with Gasteiger partial charge >= 0.3 is 11.8 Å². The lowest BCUT2D eigenvalue weighted by molar-refractivity contribution is -0.146. The first-order chi connectivity index (χ1) is 8.15. The average molecular weight is 243 g/mol. The molecule has 0 radical (unpaired) electrons. The van der Waals surface area contributed by atoms with Crippen molar-refractivity contribution in [1.29, 1.82) is 0 Å².